The van der Waals surface area contributed by atoms with E-state index in [9.17, 15) is 0 Å². The lowest BCUT2D eigenvalue weighted by Gasteiger charge is -2.15. The third-order valence-electron chi connectivity index (χ3n) is 1.77. The molecule has 0 aromatic heterocycles. The Balaban J connectivity index is 2.53. The summed E-state index contributed by atoms with van der Waals surface area (Å²) >= 11 is 0. The maximum atomic E-state index is 8.11. The number of hydrogen-bond acceptors (Lipinski definition) is 2. The van der Waals surface area contributed by atoms with Crippen molar-refractivity contribution < 1.29 is 0 Å². The fraction of sp³-hybridized carbons (Fsp3) is 0.500. The van der Waals surface area contributed by atoms with E-state index >= 15 is 0 Å². The van der Waals surface area contributed by atoms with Gasteiger partial charge < -0.3 is 5.32 Å². The highest BCUT2D eigenvalue weighted by atomic mass is 15.1. The molecule has 1 heterocycles. The van der Waals surface area contributed by atoms with Crippen molar-refractivity contribution in [1.29, 1.82) is 0 Å². The van der Waals surface area contributed by atoms with Gasteiger partial charge in [0.15, 0.2) is 0 Å². The number of allylic oxidation sites excluding steroid dienone is 2. The van der Waals surface area contributed by atoms with Crippen molar-refractivity contribution >= 4 is 0 Å². The van der Waals surface area contributed by atoms with Crippen molar-refractivity contribution in [2.24, 2.45) is 5.11 Å². The van der Waals surface area contributed by atoms with Gasteiger partial charge in [0.05, 0.1) is 6.04 Å². The average Bonchev–Trinajstić information content (AvgIpc) is 2.15. The fourth-order valence-electron chi connectivity index (χ4n) is 1.11. The van der Waals surface area contributed by atoms with Gasteiger partial charge in [0.1, 0.15) is 0 Å². The van der Waals surface area contributed by atoms with Crippen LogP contribution >= 0.6 is 0 Å². The summed E-state index contributed by atoms with van der Waals surface area (Å²) in [7, 11) is 0. The molecule has 12 heavy (non-hydrogen) atoms. The van der Waals surface area contributed by atoms with Crippen LogP contribution in [0, 0.1) is 0 Å². The minimum absolute atomic E-state index is 0.167. The monoisotopic (exact) mass is 164 g/mol. The average molecular weight is 164 g/mol. The van der Waals surface area contributed by atoms with Crippen molar-refractivity contribution in [2.45, 2.75) is 19.4 Å². The molecule has 1 rings (SSSR count). The fourth-order valence-corrected chi connectivity index (χ4v) is 1.11. The molecule has 1 aliphatic rings. The van der Waals surface area contributed by atoms with Crippen LogP contribution in [0.25, 0.3) is 10.4 Å². The topological polar surface area (TPSA) is 60.8 Å². The van der Waals surface area contributed by atoms with E-state index in [1.54, 1.807) is 0 Å². The van der Waals surface area contributed by atoms with E-state index in [2.05, 4.69) is 28.3 Å². The highest BCUT2D eigenvalue weighted by Gasteiger charge is 2.05. The molecule has 0 aliphatic carbocycles. The Labute approximate surface area is 71.6 Å². The van der Waals surface area contributed by atoms with E-state index in [1.807, 2.05) is 12.3 Å². The molecule has 4 heteroatoms. The molecule has 1 atom stereocenters. The minimum atomic E-state index is 0.167. The van der Waals surface area contributed by atoms with E-state index in [0.29, 0.717) is 6.54 Å². The smallest absolute Gasteiger partial charge is 0.0500 e. The lowest BCUT2D eigenvalue weighted by molar-refractivity contribution is 0.690. The summed E-state index contributed by atoms with van der Waals surface area (Å²) in [6, 6.07) is 0.167. The highest BCUT2D eigenvalue weighted by Crippen LogP contribution is 2.08. The normalized spacial score (nSPS) is 20.8. The summed E-state index contributed by atoms with van der Waals surface area (Å²) in [6.07, 6.45) is 7.04. The Kier molecular flexibility index (Phi) is 3.23. The predicted molar refractivity (Wildman–Crippen MR) is 48.5 cm³/mol. The van der Waals surface area contributed by atoms with E-state index in [-0.39, 0.29) is 6.04 Å². The number of nitrogens with zero attached hydrogens (tertiary/aromatic N) is 3. The molecule has 0 saturated heterocycles. The molecule has 0 aromatic rings. The second-order valence-corrected chi connectivity index (χ2v) is 2.62. The van der Waals surface area contributed by atoms with Gasteiger partial charge in [-0.15, -0.1) is 0 Å². The van der Waals surface area contributed by atoms with E-state index in [1.165, 1.54) is 5.57 Å². The lowest BCUT2D eigenvalue weighted by Crippen LogP contribution is -2.27. The molecule has 0 aromatic carbocycles. The van der Waals surface area contributed by atoms with Crippen LogP contribution in [0.15, 0.2) is 29.0 Å². The first kappa shape index (κ1) is 8.68. The van der Waals surface area contributed by atoms with Crippen LogP contribution in [0.3, 0.4) is 0 Å². The summed E-state index contributed by atoms with van der Waals surface area (Å²) < 4.78 is 0. The van der Waals surface area contributed by atoms with Crippen LogP contribution in [0.4, 0.5) is 0 Å². The van der Waals surface area contributed by atoms with Crippen LogP contribution in [0.5, 0.6) is 0 Å². The largest absolute Gasteiger partial charge is 0.385 e. The summed E-state index contributed by atoms with van der Waals surface area (Å²) in [5, 5.41) is 6.60. The molecule has 0 saturated carbocycles. The molecule has 64 valence electrons. The first-order valence-corrected chi connectivity index (χ1v) is 4.01. The molecule has 1 unspecified atom stereocenters. The quantitative estimate of drug-likeness (QED) is 0.387. The molecule has 1 N–H and O–H groups in total. The van der Waals surface area contributed by atoms with Gasteiger partial charge in [-0.1, -0.05) is 18.1 Å². The minimum Gasteiger partial charge on any atom is -0.385 e. The van der Waals surface area contributed by atoms with Crippen LogP contribution in [-0.2, 0) is 0 Å². The highest BCUT2D eigenvalue weighted by molar-refractivity contribution is 5.24. The van der Waals surface area contributed by atoms with E-state index < -0.39 is 0 Å². The summed E-state index contributed by atoms with van der Waals surface area (Å²) in [5.41, 5.74) is 9.40. The number of nitrogens with one attached hydrogen (secondary N) is 1. The van der Waals surface area contributed by atoms with Crippen molar-refractivity contribution in [2.75, 3.05) is 6.54 Å². The van der Waals surface area contributed by atoms with Crippen LogP contribution < -0.4 is 5.32 Å². The van der Waals surface area contributed by atoms with Crippen LogP contribution in [0.1, 0.15) is 13.3 Å². The molecule has 0 amide bonds. The molecule has 0 spiro atoms. The number of dihydropyridines is 1. The van der Waals surface area contributed by atoms with Crippen molar-refractivity contribution in [1.82, 2.24) is 5.32 Å². The maximum Gasteiger partial charge on any atom is 0.0500 e. The summed E-state index contributed by atoms with van der Waals surface area (Å²) in [4.78, 5) is 2.71. The van der Waals surface area contributed by atoms with Gasteiger partial charge in [0, 0.05) is 11.5 Å². The van der Waals surface area contributed by atoms with Crippen LogP contribution in [-0.4, -0.2) is 12.6 Å². The van der Waals surface area contributed by atoms with Crippen molar-refractivity contribution in [3.05, 3.63) is 34.4 Å². The van der Waals surface area contributed by atoms with Crippen LogP contribution in [0.2, 0.25) is 0 Å². The third-order valence-corrected chi connectivity index (χ3v) is 1.77. The van der Waals surface area contributed by atoms with Gasteiger partial charge in [-0.25, -0.2) is 0 Å². The molecule has 0 radical (unpaired) electrons. The second kappa shape index (κ2) is 4.46. The SMILES string of the molecule is CCC1=CC(CN=[N+]=[N-])NC=C1. The Morgan fingerprint density at radius 1 is 1.75 bits per heavy atom. The Hall–Kier alpha value is -1.41. The standard InChI is InChI=1S/C8H12N4/c1-2-7-3-4-10-8(5-7)6-11-12-9/h3-5,8,10H,2,6H2,1H3. The molecular formula is C8H12N4. The van der Waals surface area contributed by atoms with Gasteiger partial charge in [-0.05, 0) is 29.8 Å². The molecule has 0 bridgehead atoms. The lowest BCUT2D eigenvalue weighted by atomic mass is 10.1. The van der Waals surface area contributed by atoms with Crippen molar-refractivity contribution in [3.8, 4) is 0 Å². The van der Waals surface area contributed by atoms with Gasteiger partial charge >= 0.3 is 0 Å². The third kappa shape index (κ3) is 2.32. The Morgan fingerprint density at radius 2 is 2.58 bits per heavy atom. The summed E-state index contributed by atoms with van der Waals surface area (Å²) in [6.45, 7) is 2.58. The second-order valence-electron chi connectivity index (χ2n) is 2.62. The Morgan fingerprint density at radius 3 is 3.25 bits per heavy atom. The summed E-state index contributed by atoms with van der Waals surface area (Å²) in [5.74, 6) is 0. The van der Waals surface area contributed by atoms with Gasteiger partial charge in [-0.2, -0.15) is 0 Å². The van der Waals surface area contributed by atoms with E-state index in [4.69, 9.17) is 5.53 Å². The zero-order valence-corrected chi connectivity index (χ0v) is 7.07. The molecular weight excluding hydrogens is 152 g/mol. The first-order chi connectivity index (χ1) is 5.86. The number of azide groups is 1. The number of rotatable bonds is 3. The van der Waals surface area contributed by atoms with Gasteiger partial charge in [-0.3, -0.25) is 0 Å². The maximum absolute atomic E-state index is 8.11. The Bertz CT molecular complexity index is 248. The molecule has 0 fully saturated rings. The zero-order chi connectivity index (χ0) is 8.81. The molecule has 1 aliphatic heterocycles. The first-order valence-electron chi connectivity index (χ1n) is 4.01. The number of hydrogen-bond donors (Lipinski definition) is 1. The van der Waals surface area contributed by atoms with Crippen molar-refractivity contribution in [3.63, 3.8) is 0 Å². The predicted octanol–water partition coefficient (Wildman–Crippen LogP) is 2.12. The van der Waals surface area contributed by atoms with Gasteiger partial charge in [0.25, 0.3) is 0 Å². The van der Waals surface area contributed by atoms with E-state index in [0.717, 1.165) is 6.42 Å². The zero-order valence-electron chi connectivity index (χ0n) is 7.07. The van der Waals surface area contributed by atoms with Gasteiger partial charge in [0.2, 0.25) is 0 Å². The molecule has 4 nitrogen and oxygen atoms in total.